The lowest BCUT2D eigenvalue weighted by Crippen LogP contribution is -2.49. The molecule has 0 atom stereocenters. The average Bonchev–Trinajstić information content (AvgIpc) is 2.59. The van der Waals surface area contributed by atoms with Crippen molar-refractivity contribution in [3.8, 4) is 0 Å². The normalized spacial score (nSPS) is 10.8. The Kier molecular flexibility index (Phi) is 6.71. The predicted octanol–water partition coefficient (Wildman–Crippen LogP) is 3.06. The SMILES string of the molecule is CC(C)(C)NC(=O)NC(=O)COC(=O)c1ccccc1Cc1ccccc1. The first-order chi connectivity index (χ1) is 12.7. The average molecular weight is 368 g/mol. The van der Waals surface area contributed by atoms with Gasteiger partial charge in [-0.3, -0.25) is 10.1 Å². The molecule has 0 radical (unpaired) electrons. The summed E-state index contributed by atoms with van der Waals surface area (Å²) in [5.41, 5.74) is 1.79. The molecule has 2 aromatic rings. The van der Waals surface area contributed by atoms with E-state index in [2.05, 4.69) is 10.6 Å². The number of amides is 3. The number of carbonyl (C=O) groups excluding carboxylic acids is 3. The molecule has 0 aliphatic rings. The van der Waals surface area contributed by atoms with Crippen LogP contribution < -0.4 is 10.6 Å². The van der Waals surface area contributed by atoms with E-state index >= 15 is 0 Å². The fraction of sp³-hybridized carbons (Fsp3) is 0.286. The van der Waals surface area contributed by atoms with Gasteiger partial charge in [-0.05, 0) is 44.4 Å². The van der Waals surface area contributed by atoms with Crippen LogP contribution in [0.15, 0.2) is 54.6 Å². The number of nitrogens with one attached hydrogen (secondary N) is 2. The number of rotatable bonds is 5. The highest BCUT2D eigenvalue weighted by Crippen LogP contribution is 2.15. The molecular weight excluding hydrogens is 344 g/mol. The van der Waals surface area contributed by atoms with Crippen LogP contribution in [-0.4, -0.2) is 30.1 Å². The van der Waals surface area contributed by atoms with E-state index in [1.165, 1.54) is 0 Å². The molecule has 0 bridgehead atoms. The van der Waals surface area contributed by atoms with Gasteiger partial charge in [0.25, 0.3) is 5.91 Å². The van der Waals surface area contributed by atoms with E-state index in [4.69, 9.17) is 4.74 Å². The quantitative estimate of drug-likeness (QED) is 0.795. The van der Waals surface area contributed by atoms with Crippen molar-refractivity contribution in [3.63, 3.8) is 0 Å². The standard InChI is InChI=1S/C21H24N2O4/c1-21(2,3)23-20(26)22-18(24)14-27-19(25)17-12-8-7-11-16(17)13-15-9-5-4-6-10-15/h4-12H,13-14H2,1-3H3,(H2,22,23,24,26). The Bertz CT molecular complexity index is 810. The molecule has 3 amide bonds. The van der Waals surface area contributed by atoms with E-state index in [1.54, 1.807) is 32.9 Å². The molecule has 0 aromatic heterocycles. The maximum atomic E-state index is 12.4. The number of imide groups is 1. The molecule has 2 N–H and O–H groups in total. The van der Waals surface area contributed by atoms with Gasteiger partial charge in [0.1, 0.15) is 0 Å². The molecule has 0 fully saturated rings. The van der Waals surface area contributed by atoms with Gasteiger partial charge in [-0.1, -0.05) is 48.5 Å². The van der Waals surface area contributed by atoms with Crippen LogP contribution in [-0.2, 0) is 16.0 Å². The third-order valence-corrected chi connectivity index (χ3v) is 3.55. The Balaban J connectivity index is 1.94. The van der Waals surface area contributed by atoms with E-state index in [-0.39, 0.29) is 0 Å². The van der Waals surface area contributed by atoms with E-state index in [0.717, 1.165) is 11.1 Å². The molecule has 0 saturated heterocycles. The summed E-state index contributed by atoms with van der Waals surface area (Å²) in [4.78, 5) is 35.8. The van der Waals surface area contributed by atoms with Crippen LogP contribution in [0.5, 0.6) is 0 Å². The Morgan fingerprint density at radius 3 is 2.22 bits per heavy atom. The minimum Gasteiger partial charge on any atom is -0.452 e. The van der Waals surface area contributed by atoms with Crippen LogP contribution in [0.4, 0.5) is 4.79 Å². The topological polar surface area (TPSA) is 84.5 Å². The van der Waals surface area contributed by atoms with Gasteiger partial charge in [0.15, 0.2) is 6.61 Å². The Morgan fingerprint density at radius 2 is 1.56 bits per heavy atom. The summed E-state index contributed by atoms with van der Waals surface area (Å²) in [5.74, 6) is -1.29. The second-order valence-corrected chi connectivity index (χ2v) is 7.15. The lowest BCUT2D eigenvalue weighted by Gasteiger charge is -2.20. The fourth-order valence-electron chi connectivity index (χ4n) is 2.43. The number of esters is 1. The summed E-state index contributed by atoms with van der Waals surface area (Å²) < 4.78 is 5.07. The molecule has 0 spiro atoms. The van der Waals surface area contributed by atoms with E-state index in [0.29, 0.717) is 12.0 Å². The number of urea groups is 1. The molecule has 0 heterocycles. The highest BCUT2D eigenvalue weighted by atomic mass is 16.5. The van der Waals surface area contributed by atoms with Gasteiger partial charge in [-0.2, -0.15) is 0 Å². The van der Waals surface area contributed by atoms with Crippen molar-refractivity contribution < 1.29 is 19.1 Å². The summed E-state index contributed by atoms with van der Waals surface area (Å²) in [6.45, 7) is 4.85. The molecule has 6 heteroatoms. The van der Waals surface area contributed by atoms with Gasteiger partial charge >= 0.3 is 12.0 Å². The second kappa shape index (κ2) is 8.98. The monoisotopic (exact) mass is 368 g/mol. The Morgan fingerprint density at radius 1 is 0.926 bits per heavy atom. The molecular formula is C21H24N2O4. The zero-order valence-corrected chi connectivity index (χ0v) is 15.7. The first-order valence-corrected chi connectivity index (χ1v) is 8.65. The summed E-state index contributed by atoms with van der Waals surface area (Å²) in [5, 5.41) is 4.73. The fourth-order valence-corrected chi connectivity index (χ4v) is 2.43. The van der Waals surface area contributed by atoms with Gasteiger partial charge < -0.3 is 10.1 Å². The maximum absolute atomic E-state index is 12.4. The highest BCUT2D eigenvalue weighted by Gasteiger charge is 2.18. The maximum Gasteiger partial charge on any atom is 0.338 e. The molecule has 142 valence electrons. The van der Waals surface area contributed by atoms with Crippen LogP contribution >= 0.6 is 0 Å². The van der Waals surface area contributed by atoms with E-state index in [9.17, 15) is 14.4 Å². The van der Waals surface area contributed by atoms with Crippen LogP contribution in [0, 0.1) is 0 Å². The van der Waals surface area contributed by atoms with E-state index in [1.807, 2.05) is 42.5 Å². The minimum absolute atomic E-state index is 0.397. The zero-order chi connectivity index (χ0) is 19.9. The van der Waals surface area contributed by atoms with E-state index < -0.39 is 30.1 Å². The second-order valence-electron chi connectivity index (χ2n) is 7.15. The van der Waals surface area contributed by atoms with Gasteiger partial charge in [-0.15, -0.1) is 0 Å². The first kappa shape index (κ1) is 20.2. The lowest BCUT2D eigenvalue weighted by molar-refractivity contribution is -0.123. The molecule has 0 saturated carbocycles. The number of ether oxygens (including phenoxy) is 1. The van der Waals surface area contributed by atoms with Crippen LogP contribution in [0.2, 0.25) is 0 Å². The third-order valence-electron chi connectivity index (χ3n) is 3.55. The predicted molar refractivity (Wildman–Crippen MR) is 102 cm³/mol. The Hall–Kier alpha value is -3.15. The van der Waals surface area contributed by atoms with Gasteiger partial charge in [-0.25, -0.2) is 9.59 Å². The summed E-state index contributed by atoms with van der Waals surface area (Å²) in [6, 6.07) is 16.2. The molecule has 0 unspecified atom stereocenters. The van der Waals surface area contributed by atoms with Crippen molar-refractivity contribution in [1.82, 2.24) is 10.6 Å². The summed E-state index contributed by atoms with van der Waals surface area (Å²) in [6.07, 6.45) is 0.576. The van der Waals surface area contributed by atoms with Crippen molar-refractivity contribution in [2.75, 3.05) is 6.61 Å². The highest BCUT2D eigenvalue weighted by molar-refractivity contribution is 5.97. The summed E-state index contributed by atoms with van der Waals surface area (Å²) >= 11 is 0. The molecule has 2 rings (SSSR count). The van der Waals surface area contributed by atoms with Gasteiger partial charge in [0, 0.05) is 5.54 Å². The van der Waals surface area contributed by atoms with Crippen LogP contribution in [0.25, 0.3) is 0 Å². The number of carbonyl (C=O) groups is 3. The number of benzene rings is 2. The van der Waals surface area contributed by atoms with Gasteiger partial charge in [0.2, 0.25) is 0 Å². The first-order valence-electron chi connectivity index (χ1n) is 8.65. The van der Waals surface area contributed by atoms with Gasteiger partial charge in [0.05, 0.1) is 5.56 Å². The molecule has 2 aromatic carbocycles. The zero-order valence-electron chi connectivity index (χ0n) is 15.7. The minimum atomic E-state index is -0.689. The number of hydrogen-bond donors (Lipinski definition) is 2. The van der Waals surface area contributed by atoms with Crippen LogP contribution in [0.3, 0.4) is 0 Å². The lowest BCUT2D eigenvalue weighted by atomic mass is 10.00. The van der Waals surface area contributed by atoms with Crippen molar-refractivity contribution in [2.45, 2.75) is 32.7 Å². The summed E-state index contributed by atoms with van der Waals surface area (Å²) in [7, 11) is 0. The van der Waals surface area contributed by atoms with Crippen LogP contribution in [0.1, 0.15) is 42.3 Å². The largest absolute Gasteiger partial charge is 0.452 e. The number of hydrogen-bond acceptors (Lipinski definition) is 4. The van der Waals surface area contributed by atoms with Crippen molar-refractivity contribution in [1.29, 1.82) is 0 Å². The van der Waals surface area contributed by atoms with Crippen molar-refractivity contribution in [3.05, 3.63) is 71.3 Å². The molecule has 0 aliphatic carbocycles. The van der Waals surface area contributed by atoms with Crippen molar-refractivity contribution in [2.24, 2.45) is 0 Å². The smallest absolute Gasteiger partial charge is 0.338 e. The van der Waals surface area contributed by atoms with Crippen molar-refractivity contribution >= 4 is 17.9 Å². The molecule has 27 heavy (non-hydrogen) atoms. The molecule has 6 nitrogen and oxygen atoms in total. The Labute approximate surface area is 158 Å². The molecule has 0 aliphatic heterocycles. The third kappa shape index (κ3) is 6.93.